The van der Waals surface area contributed by atoms with Gasteiger partial charge in [0.2, 0.25) is 5.91 Å². The number of rotatable bonds is 5. The van der Waals surface area contributed by atoms with E-state index in [0.29, 0.717) is 29.7 Å². The fourth-order valence-corrected chi connectivity index (χ4v) is 3.09. The van der Waals surface area contributed by atoms with Crippen molar-refractivity contribution in [1.82, 2.24) is 0 Å². The van der Waals surface area contributed by atoms with Gasteiger partial charge in [0.15, 0.2) is 0 Å². The van der Waals surface area contributed by atoms with E-state index in [4.69, 9.17) is 5.11 Å². The summed E-state index contributed by atoms with van der Waals surface area (Å²) in [6.45, 7) is 0. The average Bonchev–Trinajstić information content (AvgIpc) is 2.48. The zero-order chi connectivity index (χ0) is 17.2. The average molecular weight is 327 g/mol. The molecule has 124 valence electrons. The third-order valence-corrected chi connectivity index (χ3v) is 4.59. The summed E-state index contributed by atoms with van der Waals surface area (Å²) in [5.74, 6) is -1.39. The first-order valence-electron chi connectivity index (χ1n) is 7.88. The molecule has 1 fully saturated rings. The van der Waals surface area contributed by atoms with Crippen LogP contribution in [0.5, 0.6) is 0 Å². The lowest BCUT2D eigenvalue weighted by molar-refractivity contribution is -0.136. The molecule has 1 aliphatic carbocycles. The Morgan fingerprint density at radius 2 is 1.83 bits per heavy atom. The minimum absolute atomic E-state index is 0.0541. The molecule has 4 nitrogen and oxygen atoms in total. The van der Waals surface area contributed by atoms with Gasteiger partial charge in [-0.2, -0.15) is 0 Å². The Kier molecular flexibility index (Phi) is 4.34. The Labute approximate surface area is 139 Å². The van der Waals surface area contributed by atoms with Crippen molar-refractivity contribution in [2.75, 3.05) is 5.32 Å². The van der Waals surface area contributed by atoms with E-state index in [1.807, 2.05) is 0 Å². The Bertz CT molecular complexity index is 766. The van der Waals surface area contributed by atoms with Gasteiger partial charge in [0, 0.05) is 5.69 Å². The van der Waals surface area contributed by atoms with E-state index in [9.17, 15) is 14.0 Å². The van der Waals surface area contributed by atoms with Gasteiger partial charge in [-0.1, -0.05) is 30.7 Å². The van der Waals surface area contributed by atoms with E-state index in [-0.39, 0.29) is 18.1 Å². The van der Waals surface area contributed by atoms with Crippen LogP contribution in [0.15, 0.2) is 48.5 Å². The van der Waals surface area contributed by atoms with Crippen molar-refractivity contribution in [1.29, 1.82) is 0 Å². The monoisotopic (exact) mass is 327 g/mol. The zero-order valence-corrected chi connectivity index (χ0v) is 13.1. The summed E-state index contributed by atoms with van der Waals surface area (Å²) in [4.78, 5) is 23.5. The molecule has 2 aromatic rings. The highest BCUT2D eigenvalue weighted by molar-refractivity contribution is 6.00. The highest BCUT2D eigenvalue weighted by Crippen LogP contribution is 2.44. The van der Waals surface area contributed by atoms with Gasteiger partial charge in [-0.25, -0.2) is 4.39 Å². The summed E-state index contributed by atoms with van der Waals surface area (Å²) in [5, 5.41) is 11.7. The molecule has 0 aliphatic heterocycles. The lowest BCUT2D eigenvalue weighted by atomic mass is 9.63. The number of amides is 1. The molecule has 2 N–H and O–H groups in total. The third kappa shape index (κ3) is 3.15. The molecule has 0 unspecified atom stereocenters. The number of carboxylic acid groups (broad SMARTS) is 1. The molecule has 0 bridgehead atoms. The van der Waals surface area contributed by atoms with E-state index in [1.54, 1.807) is 36.4 Å². The molecule has 3 rings (SSSR count). The molecule has 0 heterocycles. The fraction of sp³-hybridized carbons (Fsp3) is 0.263. The largest absolute Gasteiger partial charge is 0.481 e. The van der Waals surface area contributed by atoms with Crippen LogP contribution in [0.2, 0.25) is 0 Å². The lowest BCUT2D eigenvalue weighted by Crippen LogP contribution is -2.46. The van der Waals surface area contributed by atoms with Gasteiger partial charge in [0.25, 0.3) is 0 Å². The Morgan fingerprint density at radius 1 is 1.12 bits per heavy atom. The smallest absolute Gasteiger partial charge is 0.307 e. The molecule has 0 radical (unpaired) electrons. The molecule has 2 aromatic carbocycles. The standard InChI is InChI=1S/C19H18FNO3/c20-15-4-1-3-14(12-15)19(9-2-10-19)18(24)21-16-7-5-13(6-8-16)11-17(22)23/h1,3-8,12H,2,9-11H2,(H,21,24)(H,22,23). The summed E-state index contributed by atoms with van der Waals surface area (Å²) in [5.41, 5.74) is 1.30. The van der Waals surface area contributed by atoms with Crippen LogP contribution in [0.4, 0.5) is 10.1 Å². The molecule has 5 heteroatoms. The summed E-state index contributed by atoms with van der Waals surface area (Å²) >= 11 is 0. The van der Waals surface area contributed by atoms with Crippen LogP contribution < -0.4 is 5.32 Å². The number of hydrogen-bond donors (Lipinski definition) is 2. The van der Waals surface area contributed by atoms with Gasteiger partial charge in [-0.05, 0) is 48.2 Å². The Hall–Kier alpha value is -2.69. The molecule has 0 saturated heterocycles. The number of aliphatic carboxylic acids is 1. The van der Waals surface area contributed by atoms with Gasteiger partial charge in [-0.15, -0.1) is 0 Å². The first kappa shape index (κ1) is 16.2. The highest BCUT2D eigenvalue weighted by Gasteiger charge is 2.45. The number of halogens is 1. The normalized spacial score (nSPS) is 15.4. The predicted molar refractivity (Wildman–Crippen MR) is 88.3 cm³/mol. The Morgan fingerprint density at radius 3 is 2.38 bits per heavy atom. The number of hydrogen-bond acceptors (Lipinski definition) is 2. The lowest BCUT2D eigenvalue weighted by Gasteiger charge is -2.40. The van der Waals surface area contributed by atoms with Gasteiger partial charge in [0.05, 0.1) is 11.8 Å². The van der Waals surface area contributed by atoms with Crippen molar-refractivity contribution < 1.29 is 19.1 Å². The third-order valence-electron chi connectivity index (χ3n) is 4.59. The summed E-state index contributed by atoms with van der Waals surface area (Å²) < 4.78 is 13.5. The first-order chi connectivity index (χ1) is 11.5. The second kappa shape index (κ2) is 6.43. The van der Waals surface area contributed by atoms with E-state index in [2.05, 4.69) is 5.32 Å². The number of carbonyl (C=O) groups is 2. The van der Waals surface area contributed by atoms with Gasteiger partial charge in [0.1, 0.15) is 5.82 Å². The number of carboxylic acids is 1. The molecule has 24 heavy (non-hydrogen) atoms. The Balaban J connectivity index is 1.77. The molecule has 1 amide bonds. The van der Waals surface area contributed by atoms with Crippen molar-refractivity contribution >= 4 is 17.6 Å². The molecular weight excluding hydrogens is 309 g/mol. The van der Waals surface area contributed by atoms with E-state index < -0.39 is 11.4 Å². The summed E-state index contributed by atoms with van der Waals surface area (Å²) in [6, 6.07) is 12.9. The van der Waals surface area contributed by atoms with Crippen LogP contribution in [0, 0.1) is 5.82 Å². The second-order valence-electron chi connectivity index (χ2n) is 6.17. The maximum absolute atomic E-state index is 13.5. The summed E-state index contributed by atoms with van der Waals surface area (Å²) in [7, 11) is 0. The SMILES string of the molecule is O=C(O)Cc1ccc(NC(=O)C2(c3cccc(F)c3)CCC2)cc1. The van der Waals surface area contributed by atoms with Gasteiger partial charge < -0.3 is 10.4 Å². The molecule has 1 aliphatic rings. The highest BCUT2D eigenvalue weighted by atomic mass is 19.1. The molecule has 0 aromatic heterocycles. The second-order valence-corrected chi connectivity index (χ2v) is 6.17. The number of anilines is 1. The van der Waals surface area contributed by atoms with Crippen molar-refractivity contribution in [2.45, 2.75) is 31.1 Å². The first-order valence-corrected chi connectivity index (χ1v) is 7.88. The van der Waals surface area contributed by atoms with Crippen molar-refractivity contribution in [3.8, 4) is 0 Å². The van der Waals surface area contributed by atoms with E-state index in [1.165, 1.54) is 12.1 Å². The van der Waals surface area contributed by atoms with Crippen LogP contribution in [-0.4, -0.2) is 17.0 Å². The van der Waals surface area contributed by atoms with Crippen LogP contribution in [0.25, 0.3) is 0 Å². The quantitative estimate of drug-likeness (QED) is 0.883. The topological polar surface area (TPSA) is 66.4 Å². The number of benzene rings is 2. The minimum atomic E-state index is -0.897. The summed E-state index contributed by atoms with van der Waals surface area (Å²) in [6.07, 6.45) is 2.27. The van der Waals surface area contributed by atoms with Gasteiger partial charge in [-0.3, -0.25) is 9.59 Å². The minimum Gasteiger partial charge on any atom is -0.481 e. The molecular formula is C19H18FNO3. The zero-order valence-electron chi connectivity index (χ0n) is 13.1. The van der Waals surface area contributed by atoms with Crippen molar-refractivity contribution in [3.63, 3.8) is 0 Å². The maximum Gasteiger partial charge on any atom is 0.307 e. The van der Waals surface area contributed by atoms with Crippen LogP contribution >= 0.6 is 0 Å². The van der Waals surface area contributed by atoms with Crippen molar-refractivity contribution in [2.24, 2.45) is 0 Å². The number of nitrogens with one attached hydrogen (secondary N) is 1. The van der Waals surface area contributed by atoms with Crippen LogP contribution in [0.3, 0.4) is 0 Å². The molecule has 0 spiro atoms. The van der Waals surface area contributed by atoms with Crippen LogP contribution in [-0.2, 0) is 21.4 Å². The molecule has 0 atom stereocenters. The number of carbonyl (C=O) groups excluding carboxylic acids is 1. The van der Waals surface area contributed by atoms with Crippen LogP contribution in [0.1, 0.15) is 30.4 Å². The predicted octanol–water partition coefficient (Wildman–Crippen LogP) is 3.51. The van der Waals surface area contributed by atoms with Crippen molar-refractivity contribution in [3.05, 3.63) is 65.5 Å². The van der Waals surface area contributed by atoms with E-state index >= 15 is 0 Å². The fourth-order valence-electron chi connectivity index (χ4n) is 3.09. The van der Waals surface area contributed by atoms with Gasteiger partial charge >= 0.3 is 5.97 Å². The molecule has 1 saturated carbocycles. The maximum atomic E-state index is 13.5. The van der Waals surface area contributed by atoms with E-state index in [0.717, 1.165) is 6.42 Å².